The van der Waals surface area contributed by atoms with Gasteiger partial charge in [0.1, 0.15) is 0 Å². The maximum atomic E-state index is 12.5. The molecular formula is C16H20INO3. The molecule has 1 heterocycles. The lowest BCUT2D eigenvalue weighted by Gasteiger charge is -2.38. The van der Waals surface area contributed by atoms with Gasteiger partial charge < -0.3 is 10.0 Å². The standard InChI is InChI=1S/C16H20INO3/c1-2-6-16(15(20)21)7-9-18(10-8-16)14(19)12-4-3-5-13(17)11-12/h3-5,11H,2,6-10H2,1H3,(H,20,21). The first-order chi connectivity index (χ1) is 9.98. The van der Waals surface area contributed by atoms with Crippen LogP contribution in [0.2, 0.25) is 0 Å². The summed E-state index contributed by atoms with van der Waals surface area (Å²) in [6.45, 7) is 3.06. The molecule has 0 saturated carbocycles. The first-order valence-electron chi connectivity index (χ1n) is 7.27. The molecule has 5 heteroatoms. The predicted octanol–water partition coefficient (Wildman–Crippen LogP) is 3.40. The molecule has 0 atom stereocenters. The van der Waals surface area contributed by atoms with Gasteiger partial charge in [0.2, 0.25) is 0 Å². The molecule has 1 aliphatic heterocycles. The van der Waals surface area contributed by atoms with E-state index >= 15 is 0 Å². The predicted molar refractivity (Wildman–Crippen MR) is 89.3 cm³/mol. The number of benzene rings is 1. The summed E-state index contributed by atoms with van der Waals surface area (Å²) in [4.78, 5) is 25.8. The zero-order valence-corrected chi connectivity index (χ0v) is 14.3. The number of hydrogen-bond acceptors (Lipinski definition) is 2. The lowest BCUT2D eigenvalue weighted by Crippen LogP contribution is -2.46. The van der Waals surface area contributed by atoms with Crippen molar-refractivity contribution in [2.75, 3.05) is 13.1 Å². The molecule has 0 aliphatic carbocycles. The van der Waals surface area contributed by atoms with Gasteiger partial charge in [-0.15, -0.1) is 0 Å². The molecule has 1 N–H and O–H groups in total. The molecule has 1 amide bonds. The number of carboxylic acid groups (broad SMARTS) is 1. The van der Waals surface area contributed by atoms with Crippen molar-refractivity contribution in [2.24, 2.45) is 5.41 Å². The number of carbonyl (C=O) groups excluding carboxylic acids is 1. The maximum Gasteiger partial charge on any atom is 0.309 e. The summed E-state index contributed by atoms with van der Waals surface area (Å²) in [7, 11) is 0. The van der Waals surface area contributed by atoms with Crippen LogP contribution < -0.4 is 0 Å². The summed E-state index contributed by atoms with van der Waals surface area (Å²) in [5, 5.41) is 9.49. The molecule has 0 unspecified atom stereocenters. The Morgan fingerprint density at radius 2 is 2.00 bits per heavy atom. The number of carbonyl (C=O) groups is 2. The van der Waals surface area contributed by atoms with Crippen LogP contribution in [0.15, 0.2) is 24.3 Å². The SMILES string of the molecule is CCCC1(C(=O)O)CCN(C(=O)c2cccc(I)c2)CC1. The summed E-state index contributed by atoms with van der Waals surface area (Å²) in [5.41, 5.74) is 0.0385. The molecule has 1 aliphatic rings. The molecule has 1 fully saturated rings. The third-order valence-corrected chi connectivity index (χ3v) is 4.93. The van der Waals surface area contributed by atoms with Crippen LogP contribution in [0.3, 0.4) is 0 Å². The number of carboxylic acids is 1. The van der Waals surface area contributed by atoms with Crippen molar-refractivity contribution < 1.29 is 14.7 Å². The molecule has 114 valence electrons. The summed E-state index contributed by atoms with van der Waals surface area (Å²) < 4.78 is 1.03. The minimum absolute atomic E-state index is 0.00371. The van der Waals surface area contributed by atoms with Crippen LogP contribution in [0.4, 0.5) is 0 Å². The third-order valence-electron chi connectivity index (χ3n) is 4.26. The summed E-state index contributed by atoms with van der Waals surface area (Å²) in [6, 6.07) is 7.51. The van der Waals surface area contributed by atoms with E-state index in [1.807, 2.05) is 31.2 Å². The monoisotopic (exact) mass is 401 g/mol. The zero-order chi connectivity index (χ0) is 15.5. The minimum atomic E-state index is -0.717. The van der Waals surface area contributed by atoms with E-state index in [9.17, 15) is 14.7 Å². The molecule has 4 nitrogen and oxygen atoms in total. The van der Waals surface area contributed by atoms with E-state index in [1.165, 1.54) is 0 Å². The Balaban J connectivity index is 2.06. The Morgan fingerprint density at radius 1 is 1.33 bits per heavy atom. The van der Waals surface area contributed by atoms with Crippen molar-refractivity contribution in [3.05, 3.63) is 33.4 Å². The van der Waals surface area contributed by atoms with Crippen LogP contribution in [0.5, 0.6) is 0 Å². The van der Waals surface area contributed by atoms with E-state index < -0.39 is 11.4 Å². The molecule has 1 saturated heterocycles. The Hall–Kier alpha value is -1.11. The lowest BCUT2D eigenvalue weighted by atomic mass is 9.75. The number of amides is 1. The first kappa shape index (κ1) is 16.3. The average molecular weight is 401 g/mol. The van der Waals surface area contributed by atoms with Gasteiger partial charge in [-0.2, -0.15) is 0 Å². The van der Waals surface area contributed by atoms with Gasteiger partial charge in [-0.3, -0.25) is 9.59 Å². The smallest absolute Gasteiger partial charge is 0.309 e. The fourth-order valence-electron chi connectivity index (χ4n) is 2.99. The highest BCUT2D eigenvalue weighted by Gasteiger charge is 2.41. The highest BCUT2D eigenvalue weighted by atomic mass is 127. The molecule has 0 radical (unpaired) electrons. The summed E-state index contributed by atoms with van der Waals surface area (Å²) in [6.07, 6.45) is 2.64. The van der Waals surface area contributed by atoms with E-state index in [1.54, 1.807) is 4.90 Å². The van der Waals surface area contributed by atoms with Crippen molar-refractivity contribution in [3.63, 3.8) is 0 Å². The molecule has 0 spiro atoms. The van der Waals surface area contributed by atoms with Crippen LogP contribution >= 0.6 is 22.6 Å². The highest BCUT2D eigenvalue weighted by Crippen LogP contribution is 2.36. The van der Waals surface area contributed by atoms with E-state index in [4.69, 9.17) is 0 Å². The Morgan fingerprint density at radius 3 is 2.52 bits per heavy atom. The zero-order valence-electron chi connectivity index (χ0n) is 12.1. The van der Waals surface area contributed by atoms with E-state index in [0.29, 0.717) is 37.9 Å². The topological polar surface area (TPSA) is 57.6 Å². The van der Waals surface area contributed by atoms with Crippen LogP contribution in [0, 0.1) is 8.99 Å². The number of piperidine rings is 1. The van der Waals surface area contributed by atoms with Crippen LogP contribution in [-0.4, -0.2) is 35.0 Å². The maximum absolute atomic E-state index is 12.5. The van der Waals surface area contributed by atoms with Gasteiger partial charge in [0, 0.05) is 22.2 Å². The lowest BCUT2D eigenvalue weighted by molar-refractivity contribution is -0.152. The average Bonchev–Trinajstić information content (AvgIpc) is 2.47. The fourth-order valence-corrected chi connectivity index (χ4v) is 3.53. The van der Waals surface area contributed by atoms with Crippen LogP contribution in [0.25, 0.3) is 0 Å². The quantitative estimate of drug-likeness (QED) is 0.787. The Kier molecular flexibility index (Phi) is 5.24. The van der Waals surface area contributed by atoms with E-state index in [0.717, 1.165) is 9.99 Å². The molecule has 1 aromatic rings. The van der Waals surface area contributed by atoms with Crippen LogP contribution in [0.1, 0.15) is 43.0 Å². The minimum Gasteiger partial charge on any atom is -0.481 e. The van der Waals surface area contributed by atoms with Gasteiger partial charge >= 0.3 is 5.97 Å². The van der Waals surface area contributed by atoms with Gasteiger partial charge in [-0.05, 0) is 60.1 Å². The molecule has 0 bridgehead atoms. The molecular weight excluding hydrogens is 381 g/mol. The van der Waals surface area contributed by atoms with Crippen LogP contribution in [-0.2, 0) is 4.79 Å². The largest absolute Gasteiger partial charge is 0.481 e. The third kappa shape index (κ3) is 3.56. The second-order valence-corrected chi connectivity index (χ2v) is 6.88. The van der Waals surface area contributed by atoms with E-state index in [2.05, 4.69) is 22.6 Å². The molecule has 1 aromatic carbocycles. The van der Waals surface area contributed by atoms with Crippen molar-refractivity contribution in [2.45, 2.75) is 32.6 Å². The second kappa shape index (κ2) is 6.77. The van der Waals surface area contributed by atoms with Crippen molar-refractivity contribution in [3.8, 4) is 0 Å². The van der Waals surface area contributed by atoms with E-state index in [-0.39, 0.29) is 5.91 Å². The van der Waals surface area contributed by atoms with Gasteiger partial charge in [-0.25, -0.2) is 0 Å². The molecule has 2 rings (SSSR count). The summed E-state index contributed by atoms with van der Waals surface area (Å²) in [5.74, 6) is -0.713. The number of hydrogen-bond donors (Lipinski definition) is 1. The number of nitrogens with zero attached hydrogens (tertiary/aromatic N) is 1. The molecule has 0 aromatic heterocycles. The summed E-state index contributed by atoms with van der Waals surface area (Å²) >= 11 is 2.19. The van der Waals surface area contributed by atoms with Gasteiger partial charge in [-0.1, -0.05) is 19.4 Å². The number of rotatable bonds is 4. The van der Waals surface area contributed by atoms with Gasteiger partial charge in [0.25, 0.3) is 5.91 Å². The fraction of sp³-hybridized carbons (Fsp3) is 0.500. The van der Waals surface area contributed by atoms with Crippen molar-refractivity contribution >= 4 is 34.5 Å². The normalized spacial score (nSPS) is 17.5. The Labute approximate surface area is 138 Å². The number of aliphatic carboxylic acids is 1. The van der Waals surface area contributed by atoms with Gasteiger partial charge in [0.05, 0.1) is 5.41 Å². The molecule has 21 heavy (non-hydrogen) atoms. The highest BCUT2D eigenvalue weighted by molar-refractivity contribution is 14.1. The van der Waals surface area contributed by atoms with Crippen molar-refractivity contribution in [1.29, 1.82) is 0 Å². The number of halogens is 1. The second-order valence-electron chi connectivity index (χ2n) is 5.64. The van der Waals surface area contributed by atoms with Gasteiger partial charge in [0.15, 0.2) is 0 Å². The van der Waals surface area contributed by atoms with Crippen molar-refractivity contribution in [1.82, 2.24) is 4.90 Å². The Bertz CT molecular complexity index is 536. The first-order valence-corrected chi connectivity index (χ1v) is 8.34. The number of likely N-dealkylation sites (tertiary alicyclic amines) is 1.